The number of hydrogen-bond acceptors (Lipinski definition) is 5. The number of phosphoric ester groups is 1. The van der Waals surface area contributed by atoms with Gasteiger partial charge in [-0.25, -0.2) is 4.57 Å². The molecule has 0 aliphatic rings. The van der Waals surface area contributed by atoms with Crippen LogP contribution in [0.1, 0.15) is 418 Å². The summed E-state index contributed by atoms with van der Waals surface area (Å²) in [5, 5.41) is 14.2. The summed E-state index contributed by atoms with van der Waals surface area (Å²) in [4.78, 5) is 23.5. The number of aliphatic hydroxyl groups excluding tert-OH is 1. The summed E-state index contributed by atoms with van der Waals surface area (Å²) in [7, 11) is 1.64. The lowest BCUT2D eigenvalue weighted by Crippen LogP contribution is -2.46. The van der Waals surface area contributed by atoms with Gasteiger partial charge in [0.05, 0.1) is 39.9 Å². The van der Waals surface area contributed by atoms with Gasteiger partial charge in [0.2, 0.25) is 5.91 Å². The fourth-order valence-electron chi connectivity index (χ4n) is 12.4. The summed E-state index contributed by atoms with van der Waals surface area (Å²) in [6.07, 6.45) is 91.8. The Morgan fingerprint density at radius 1 is 0.391 bits per heavy atom. The Labute approximate surface area is 545 Å². The highest BCUT2D eigenvalue weighted by molar-refractivity contribution is 7.47. The first-order chi connectivity index (χ1) is 42.5. The third-order valence-electron chi connectivity index (χ3n) is 18.5. The number of quaternary nitrogens is 1. The second-order valence-electron chi connectivity index (χ2n) is 28.4. The molecule has 0 heterocycles. The lowest BCUT2D eigenvalue weighted by atomic mass is 10.0. The predicted octanol–water partition coefficient (Wildman–Crippen LogP) is 25.4. The quantitative estimate of drug-likeness (QED) is 0.0243. The van der Waals surface area contributed by atoms with E-state index in [1.807, 2.05) is 21.1 Å². The van der Waals surface area contributed by atoms with E-state index in [1.54, 1.807) is 0 Å². The summed E-state index contributed by atoms with van der Waals surface area (Å²) in [6, 6.07) is -0.759. The van der Waals surface area contributed by atoms with Crippen molar-refractivity contribution in [2.24, 2.45) is 0 Å². The fraction of sp³-hybridized carbons (Fsp3) is 0.936. The molecule has 3 atom stereocenters. The van der Waals surface area contributed by atoms with Crippen molar-refractivity contribution < 1.29 is 32.9 Å². The van der Waals surface area contributed by atoms with Crippen LogP contribution < -0.4 is 5.32 Å². The van der Waals surface area contributed by atoms with Crippen molar-refractivity contribution in [2.45, 2.75) is 431 Å². The number of aliphatic hydroxyl groups is 1. The van der Waals surface area contributed by atoms with Gasteiger partial charge in [-0.15, -0.1) is 0 Å². The molecule has 0 aromatic carbocycles. The molecule has 0 aliphatic heterocycles. The van der Waals surface area contributed by atoms with E-state index < -0.39 is 20.0 Å². The summed E-state index contributed by atoms with van der Waals surface area (Å²) < 4.78 is 23.9. The van der Waals surface area contributed by atoms with Gasteiger partial charge in [0.15, 0.2) is 0 Å². The lowest BCUT2D eigenvalue weighted by Gasteiger charge is -2.26. The van der Waals surface area contributed by atoms with Crippen LogP contribution in [0.2, 0.25) is 0 Å². The van der Waals surface area contributed by atoms with Crippen molar-refractivity contribution in [3.05, 3.63) is 24.3 Å². The second-order valence-corrected chi connectivity index (χ2v) is 29.9. The molecule has 0 aromatic rings. The van der Waals surface area contributed by atoms with Gasteiger partial charge in [-0.1, -0.05) is 391 Å². The molecule has 0 fully saturated rings. The Hall–Kier alpha value is -1.02. The third-order valence-corrected chi connectivity index (χ3v) is 19.4. The van der Waals surface area contributed by atoms with Gasteiger partial charge in [-0.05, 0) is 44.9 Å². The first-order valence-electron chi connectivity index (χ1n) is 39.2. The van der Waals surface area contributed by atoms with Crippen molar-refractivity contribution in [3.63, 3.8) is 0 Å². The van der Waals surface area contributed by atoms with Crippen molar-refractivity contribution in [3.8, 4) is 0 Å². The van der Waals surface area contributed by atoms with Crippen LogP contribution in [0.3, 0.4) is 0 Å². The monoisotopic (exact) mass is 1250 g/mol. The maximum absolute atomic E-state index is 13.1. The van der Waals surface area contributed by atoms with Crippen LogP contribution in [-0.4, -0.2) is 73.4 Å². The molecule has 0 aromatic heterocycles. The highest BCUT2D eigenvalue weighted by Crippen LogP contribution is 2.43. The summed E-state index contributed by atoms with van der Waals surface area (Å²) in [6.45, 7) is 4.95. The molecule has 87 heavy (non-hydrogen) atoms. The van der Waals surface area contributed by atoms with Gasteiger partial charge in [-0.3, -0.25) is 13.8 Å². The van der Waals surface area contributed by atoms with Crippen LogP contribution in [-0.2, 0) is 18.4 Å². The van der Waals surface area contributed by atoms with Crippen LogP contribution in [0, 0.1) is 0 Å². The molecular weight excluding hydrogens is 1090 g/mol. The molecule has 0 radical (unpaired) electrons. The highest BCUT2D eigenvalue weighted by atomic mass is 31.2. The minimum Gasteiger partial charge on any atom is -0.391 e. The van der Waals surface area contributed by atoms with E-state index in [-0.39, 0.29) is 19.1 Å². The molecule has 0 aliphatic carbocycles. The maximum Gasteiger partial charge on any atom is 0.472 e. The second kappa shape index (κ2) is 69.3. The number of allylic oxidation sites excluding steroid dienone is 4. The number of phosphoric acid groups is 1. The molecule has 0 rings (SSSR count). The zero-order valence-electron chi connectivity index (χ0n) is 59.6. The summed E-state index contributed by atoms with van der Waals surface area (Å²) >= 11 is 0. The molecule has 0 saturated carbocycles. The molecule has 0 saturated heterocycles. The molecule has 3 unspecified atom stereocenters. The third kappa shape index (κ3) is 72.3. The molecular formula is C78H156N2O6P+. The zero-order chi connectivity index (χ0) is 63.4. The molecule has 0 bridgehead atoms. The number of carbonyl (C=O) groups is 1. The zero-order valence-corrected chi connectivity index (χ0v) is 60.4. The van der Waals surface area contributed by atoms with E-state index >= 15 is 0 Å². The molecule has 0 spiro atoms. The topological polar surface area (TPSA) is 105 Å². The van der Waals surface area contributed by atoms with Crippen molar-refractivity contribution >= 4 is 13.7 Å². The van der Waals surface area contributed by atoms with Crippen LogP contribution in [0.5, 0.6) is 0 Å². The largest absolute Gasteiger partial charge is 0.472 e. The van der Waals surface area contributed by atoms with Crippen LogP contribution >= 0.6 is 7.82 Å². The van der Waals surface area contributed by atoms with Gasteiger partial charge in [0, 0.05) is 6.42 Å². The number of likely N-dealkylation sites (N-methyl/N-ethyl adjacent to an activating group) is 1. The van der Waals surface area contributed by atoms with E-state index in [0.29, 0.717) is 23.9 Å². The SMILES string of the molecule is CCCCCCC/C=C\C/C=C\CCCCCCCCCCCCCCCCCCCCCCCCCCCCCCCC(=O)NC(COP(=O)(O)OCC[N+](C)(C)C)C(O)CCCCCCCCCCCCCCCCCCCCCCCCCC. The van der Waals surface area contributed by atoms with E-state index in [4.69, 9.17) is 9.05 Å². The Morgan fingerprint density at radius 2 is 0.655 bits per heavy atom. The molecule has 9 heteroatoms. The highest BCUT2D eigenvalue weighted by Gasteiger charge is 2.28. The minimum atomic E-state index is -4.33. The summed E-state index contributed by atoms with van der Waals surface area (Å²) in [5.74, 6) is -0.133. The van der Waals surface area contributed by atoms with Gasteiger partial charge in [0.1, 0.15) is 13.2 Å². The van der Waals surface area contributed by atoms with Crippen molar-refractivity contribution in [1.82, 2.24) is 5.32 Å². The standard InChI is InChI=1S/C78H155N2O6P/c1-6-8-10-12-14-16-18-20-22-24-26-28-30-32-33-34-35-36-37-38-39-40-41-42-43-44-45-46-47-48-50-52-54-56-58-60-62-64-66-68-70-72-78(82)79-76(75-86-87(83,84)85-74-73-80(3,4)5)77(81)71-69-67-65-63-61-59-57-55-53-51-49-31-29-27-25-23-21-19-17-15-13-11-9-7-2/h18,20,24,26,76-77,81H,6-17,19,21-23,25,27-75H2,1-5H3,(H-,79,82,83,84)/p+1/b20-18-,26-24-. The normalized spacial score (nSPS) is 13.6. The van der Waals surface area contributed by atoms with Crippen LogP contribution in [0.15, 0.2) is 24.3 Å². The average molecular weight is 1250 g/mol. The first kappa shape index (κ1) is 86.0. The molecule has 8 nitrogen and oxygen atoms in total. The Kier molecular flexibility index (Phi) is 68.5. The minimum absolute atomic E-state index is 0.0784. The number of nitrogens with zero attached hydrogens (tertiary/aromatic N) is 1. The maximum atomic E-state index is 13.1. The molecule has 3 N–H and O–H groups in total. The van der Waals surface area contributed by atoms with Crippen LogP contribution in [0.25, 0.3) is 0 Å². The van der Waals surface area contributed by atoms with E-state index in [9.17, 15) is 19.4 Å². The van der Waals surface area contributed by atoms with Crippen LogP contribution in [0.4, 0.5) is 0 Å². The van der Waals surface area contributed by atoms with Gasteiger partial charge >= 0.3 is 7.82 Å². The number of carbonyl (C=O) groups excluding carboxylic acids is 1. The average Bonchev–Trinajstić information content (AvgIpc) is 3.71. The number of unbranched alkanes of at least 4 members (excludes halogenated alkanes) is 57. The van der Waals surface area contributed by atoms with E-state index in [0.717, 1.165) is 44.9 Å². The van der Waals surface area contributed by atoms with Gasteiger partial charge < -0.3 is 19.8 Å². The molecule has 518 valence electrons. The van der Waals surface area contributed by atoms with E-state index in [1.165, 1.54) is 347 Å². The van der Waals surface area contributed by atoms with Gasteiger partial charge in [0.25, 0.3) is 0 Å². The predicted molar refractivity (Wildman–Crippen MR) is 383 cm³/mol. The number of hydrogen-bond donors (Lipinski definition) is 3. The smallest absolute Gasteiger partial charge is 0.391 e. The van der Waals surface area contributed by atoms with Gasteiger partial charge in [-0.2, -0.15) is 0 Å². The van der Waals surface area contributed by atoms with Crippen molar-refractivity contribution in [1.29, 1.82) is 0 Å². The fourth-order valence-corrected chi connectivity index (χ4v) is 13.1. The number of rotatable bonds is 74. The molecule has 1 amide bonds. The number of amides is 1. The first-order valence-corrected chi connectivity index (χ1v) is 40.7. The Morgan fingerprint density at radius 3 is 0.943 bits per heavy atom. The van der Waals surface area contributed by atoms with E-state index in [2.05, 4.69) is 43.5 Å². The van der Waals surface area contributed by atoms with Crippen molar-refractivity contribution in [2.75, 3.05) is 40.9 Å². The lowest BCUT2D eigenvalue weighted by molar-refractivity contribution is -0.870. The number of nitrogens with one attached hydrogen (secondary N) is 1. The Balaban J connectivity index is 3.86. The Bertz CT molecular complexity index is 1470. The summed E-state index contributed by atoms with van der Waals surface area (Å²) in [5.41, 5.74) is 0.